The van der Waals surface area contributed by atoms with E-state index in [1.165, 1.54) is 88.4 Å². The monoisotopic (exact) mass is 335 g/mol. The van der Waals surface area contributed by atoms with Gasteiger partial charge in [-0.2, -0.15) is 0 Å². The first-order valence-corrected chi connectivity index (χ1v) is 8.29. The summed E-state index contributed by atoms with van der Waals surface area (Å²) in [7, 11) is 0. The molecule has 19 heavy (non-hydrogen) atoms. The molecule has 0 aromatic carbocycles. The van der Waals surface area contributed by atoms with Crippen molar-refractivity contribution in [1.82, 2.24) is 0 Å². The molecule has 0 aromatic rings. The number of aliphatic hydroxyl groups is 1. The van der Waals surface area contributed by atoms with Gasteiger partial charge in [0.2, 0.25) is 0 Å². The second-order valence-corrected chi connectivity index (χ2v) is 6.14. The molecule has 0 spiro atoms. The Balaban J connectivity index is 0.00000324. The molecule has 0 amide bonds. The van der Waals surface area contributed by atoms with Crippen molar-refractivity contribution in [3.8, 4) is 0 Å². The van der Waals surface area contributed by atoms with Gasteiger partial charge in [0.05, 0.1) is 26.2 Å². The molecule has 1 saturated heterocycles. The van der Waals surface area contributed by atoms with E-state index in [-0.39, 0.29) is 17.0 Å². The molecule has 1 aliphatic rings. The summed E-state index contributed by atoms with van der Waals surface area (Å²) >= 11 is 0. The van der Waals surface area contributed by atoms with Crippen LogP contribution in [-0.2, 0) is 0 Å². The standard InChI is InChI=1S/C16H34NO.BrH/c1-2-12-17(14-9-7-10-15-17)13-8-5-3-4-6-11-16-18;/h18H,2-16H2,1H3;1H/q+1;/p-1. The topological polar surface area (TPSA) is 20.2 Å². The van der Waals surface area contributed by atoms with Gasteiger partial charge in [0, 0.05) is 6.61 Å². The highest BCUT2D eigenvalue weighted by Gasteiger charge is 2.27. The minimum absolute atomic E-state index is 0. The fraction of sp³-hybridized carbons (Fsp3) is 1.00. The maximum atomic E-state index is 8.73. The van der Waals surface area contributed by atoms with E-state index in [2.05, 4.69) is 6.92 Å². The van der Waals surface area contributed by atoms with E-state index < -0.39 is 0 Å². The average molecular weight is 336 g/mol. The van der Waals surface area contributed by atoms with E-state index in [0.717, 1.165) is 6.42 Å². The third-order valence-corrected chi connectivity index (χ3v) is 4.50. The van der Waals surface area contributed by atoms with Crippen LogP contribution in [0.3, 0.4) is 0 Å². The summed E-state index contributed by atoms with van der Waals surface area (Å²) in [5.41, 5.74) is 0. The van der Waals surface area contributed by atoms with Crippen molar-refractivity contribution < 1.29 is 26.6 Å². The third kappa shape index (κ3) is 8.31. The van der Waals surface area contributed by atoms with Crippen LogP contribution in [0.1, 0.15) is 71.1 Å². The Labute approximate surface area is 130 Å². The molecule has 0 unspecified atom stereocenters. The van der Waals surface area contributed by atoms with E-state index in [9.17, 15) is 0 Å². The molecular formula is C16H34BrNO. The fourth-order valence-corrected chi connectivity index (χ4v) is 3.48. The highest BCUT2D eigenvalue weighted by Crippen LogP contribution is 2.21. The predicted molar refractivity (Wildman–Crippen MR) is 78.7 cm³/mol. The van der Waals surface area contributed by atoms with Gasteiger partial charge < -0.3 is 26.6 Å². The number of halogens is 1. The fourth-order valence-electron chi connectivity index (χ4n) is 3.48. The number of rotatable bonds is 10. The van der Waals surface area contributed by atoms with Gasteiger partial charge in [0.1, 0.15) is 0 Å². The van der Waals surface area contributed by atoms with Crippen LogP contribution < -0.4 is 17.0 Å². The first kappa shape index (κ1) is 19.4. The predicted octanol–water partition coefficient (Wildman–Crippen LogP) is 0.734. The highest BCUT2D eigenvalue weighted by atomic mass is 79.9. The zero-order valence-electron chi connectivity index (χ0n) is 12.9. The lowest BCUT2D eigenvalue weighted by Crippen LogP contribution is -3.00. The van der Waals surface area contributed by atoms with Gasteiger partial charge in [-0.25, -0.2) is 0 Å². The smallest absolute Gasteiger partial charge is 0.0786 e. The highest BCUT2D eigenvalue weighted by molar-refractivity contribution is 4.55. The summed E-state index contributed by atoms with van der Waals surface area (Å²) in [5, 5.41) is 8.73. The molecule has 0 aliphatic carbocycles. The molecule has 3 heteroatoms. The molecule has 0 atom stereocenters. The molecule has 1 aliphatic heterocycles. The quantitative estimate of drug-likeness (QED) is 0.461. The van der Waals surface area contributed by atoms with Crippen molar-refractivity contribution in [2.45, 2.75) is 71.1 Å². The lowest BCUT2D eigenvalue weighted by atomic mass is 10.0. The zero-order chi connectivity index (χ0) is 13.1. The Morgan fingerprint density at radius 1 is 0.789 bits per heavy atom. The van der Waals surface area contributed by atoms with Gasteiger partial charge in [-0.1, -0.05) is 26.2 Å². The minimum Gasteiger partial charge on any atom is -1.00 e. The summed E-state index contributed by atoms with van der Waals surface area (Å²) in [6.45, 7) is 8.43. The first-order valence-electron chi connectivity index (χ1n) is 8.29. The second-order valence-electron chi connectivity index (χ2n) is 6.14. The number of unbranched alkanes of at least 4 members (excludes halogenated alkanes) is 5. The molecular weight excluding hydrogens is 302 g/mol. The molecule has 0 radical (unpaired) electrons. The van der Waals surface area contributed by atoms with Crippen LogP contribution in [0.2, 0.25) is 0 Å². The molecule has 1 fully saturated rings. The number of piperidine rings is 1. The SMILES string of the molecule is CCC[N+]1(CCCCCCCCO)CCCCC1.[Br-]. The Bertz CT molecular complexity index is 188. The van der Waals surface area contributed by atoms with Crippen LogP contribution in [0.4, 0.5) is 0 Å². The van der Waals surface area contributed by atoms with Crippen molar-refractivity contribution >= 4 is 0 Å². The molecule has 1 heterocycles. The summed E-state index contributed by atoms with van der Waals surface area (Å²) in [4.78, 5) is 0. The van der Waals surface area contributed by atoms with E-state index in [1.807, 2.05) is 0 Å². The number of hydrogen-bond acceptors (Lipinski definition) is 1. The lowest BCUT2D eigenvalue weighted by molar-refractivity contribution is -0.932. The molecule has 0 bridgehead atoms. The molecule has 2 nitrogen and oxygen atoms in total. The maximum absolute atomic E-state index is 8.73. The molecule has 0 aromatic heterocycles. The van der Waals surface area contributed by atoms with Gasteiger partial charge in [-0.15, -0.1) is 0 Å². The molecule has 116 valence electrons. The van der Waals surface area contributed by atoms with Crippen LogP contribution in [0.5, 0.6) is 0 Å². The van der Waals surface area contributed by atoms with Crippen molar-refractivity contribution in [3.05, 3.63) is 0 Å². The van der Waals surface area contributed by atoms with Crippen molar-refractivity contribution in [2.24, 2.45) is 0 Å². The molecule has 1 rings (SSSR count). The Morgan fingerprint density at radius 3 is 1.95 bits per heavy atom. The van der Waals surface area contributed by atoms with Crippen molar-refractivity contribution in [1.29, 1.82) is 0 Å². The van der Waals surface area contributed by atoms with E-state index in [1.54, 1.807) is 0 Å². The van der Waals surface area contributed by atoms with Gasteiger partial charge in [-0.05, 0) is 44.9 Å². The van der Waals surface area contributed by atoms with Crippen LogP contribution in [0.25, 0.3) is 0 Å². The summed E-state index contributed by atoms with van der Waals surface area (Å²) in [6, 6.07) is 0. The normalized spacial score (nSPS) is 18.0. The average Bonchev–Trinajstić information content (AvgIpc) is 2.39. The van der Waals surface area contributed by atoms with Gasteiger partial charge in [0.25, 0.3) is 0 Å². The molecule has 1 N–H and O–H groups in total. The van der Waals surface area contributed by atoms with E-state index >= 15 is 0 Å². The Morgan fingerprint density at radius 2 is 1.37 bits per heavy atom. The van der Waals surface area contributed by atoms with Crippen molar-refractivity contribution in [2.75, 3.05) is 32.8 Å². The molecule has 0 saturated carbocycles. The maximum Gasteiger partial charge on any atom is 0.0786 e. The minimum atomic E-state index is 0. The number of aliphatic hydroxyl groups excluding tert-OH is 1. The summed E-state index contributed by atoms with van der Waals surface area (Å²) < 4.78 is 1.42. The van der Waals surface area contributed by atoms with E-state index in [0.29, 0.717) is 6.61 Å². The number of hydrogen-bond donors (Lipinski definition) is 1. The first-order chi connectivity index (χ1) is 8.83. The number of nitrogens with zero attached hydrogens (tertiary/aromatic N) is 1. The largest absolute Gasteiger partial charge is 1.00 e. The number of likely N-dealkylation sites (tertiary alicyclic amines) is 1. The van der Waals surface area contributed by atoms with Crippen LogP contribution >= 0.6 is 0 Å². The van der Waals surface area contributed by atoms with Crippen LogP contribution in [-0.4, -0.2) is 42.4 Å². The van der Waals surface area contributed by atoms with Gasteiger partial charge in [0.15, 0.2) is 0 Å². The van der Waals surface area contributed by atoms with Gasteiger partial charge in [-0.3, -0.25) is 0 Å². The zero-order valence-corrected chi connectivity index (χ0v) is 14.5. The lowest BCUT2D eigenvalue weighted by Gasteiger charge is -2.41. The van der Waals surface area contributed by atoms with Crippen molar-refractivity contribution in [3.63, 3.8) is 0 Å². The Kier molecular flexibility index (Phi) is 12.4. The van der Waals surface area contributed by atoms with E-state index in [4.69, 9.17) is 5.11 Å². The Hall–Kier alpha value is 0.400. The van der Waals surface area contributed by atoms with Crippen LogP contribution in [0, 0.1) is 0 Å². The number of quaternary nitrogens is 1. The summed E-state index contributed by atoms with van der Waals surface area (Å²) in [5.74, 6) is 0. The second kappa shape index (κ2) is 12.2. The third-order valence-electron chi connectivity index (χ3n) is 4.50. The summed E-state index contributed by atoms with van der Waals surface area (Å²) in [6.07, 6.45) is 13.4. The van der Waals surface area contributed by atoms with Crippen LogP contribution in [0.15, 0.2) is 0 Å². The van der Waals surface area contributed by atoms with Gasteiger partial charge >= 0.3 is 0 Å².